The number of aryl methyl sites for hydroxylation is 1. The van der Waals surface area contributed by atoms with E-state index in [1.54, 1.807) is 18.2 Å². The highest BCUT2D eigenvalue weighted by atomic mass is 79.9. The van der Waals surface area contributed by atoms with Gasteiger partial charge in [-0.1, -0.05) is 24.3 Å². The van der Waals surface area contributed by atoms with Gasteiger partial charge >= 0.3 is 5.97 Å². The van der Waals surface area contributed by atoms with Crippen molar-refractivity contribution < 1.29 is 9.90 Å². The molecule has 3 nitrogen and oxygen atoms in total. The Balaban J connectivity index is 0.00000180. The number of anilines is 2. The molecule has 0 heterocycles. The molecule has 0 amide bonds. The summed E-state index contributed by atoms with van der Waals surface area (Å²) in [5.74, 6) is -0.927. The van der Waals surface area contributed by atoms with Crippen molar-refractivity contribution >= 4 is 34.3 Å². The maximum Gasteiger partial charge on any atom is 0.337 e. The van der Waals surface area contributed by atoms with Gasteiger partial charge in [0, 0.05) is 5.69 Å². The molecule has 0 aliphatic rings. The van der Waals surface area contributed by atoms with Crippen molar-refractivity contribution in [2.75, 3.05) is 5.32 Å². The largest absolute Gasteiger partial charge is 0.478 e. The molecule has 0 saturated carbocycles. The zero-order valence-electron chi connectivity index (χ0n) is 10.8. The third kappa shape index (κ3) is 3.35. The zero-order chi connectivity index (χ0) is 13.1. The molecule has 0 fully saturated rings. The van der Waals surface area contributed by atoms with Crippen LogP contribution in [0.1, 0.15) is 21.5 Å². The van der Waals surface area contributed by atoms with Crippen LogP contribution in [0.15, 0.2) is 42.5 Å². The lowest BCUT2D eigenvalue weighted by atomic mass is 10.1. The van der Waals surface area contributed by atoms with Crippen LogP contribution in [0.25, 0.3) is 0 Å². The maximum atomic E-state index is 11.1. The van der Waals surface area contributed by atoms with E-state index in [0.717, 1.165) is 11.3 Å². The minimum Gasteiger partial charge on any atom is -0.478 e. The van der Waals surface area contributed by atoms with E-state index in [1.165, 1.54) is 5.56 Å². The third-order valence-corrected chi connectivity index (χ3v) is 3.03. The summed E-state index contributed by atoms with van der Waals surface area (Å²) in [5.41, 5.74) is 4.12. The minimum absolute atomic E-state index is 0. The summed E-state index contributed by atoms with van der Waals surface area (Å²) in [6.45, 7) is 4.05. The number of rotatable bonds is 3. The number of halogens is 1. The number of para-hydroxylation sites is 1. The van der Waals surface area contributed by atoms with E-state index >= 15 is 0 Å². The average Bonchev–Trinajstić information content (AvgIpc) is 2.35. The molecule has 0 saturated heterocycles. The van der Waals surface area contributed by atoms with Crippen LogP contribution in [0.2, 0.25) is 0 Å². The fourth-order valence-corrected chi connectivity index (χ4v) is 1.81. The van der Waals surface area contributed by atoms with E-state index in [-0.39, 0.29) is 22.5 Å². The molecule has 19 heavy (non-hydrogen) atoms. The van der Waals surface area contributed by atoms with Crippen LogP contribution in [0.5, 0.6) is 0 Å². The molecule has 0 bridgehead atoms. The highest BCUT2D eigenvalue weighted by Crippen LogP contribution is 2.25. The first-order valence-corrected chi connectivity index (χ1v) is 5.75. The summed E-state index contributed by atoms with van der Waals surface area (Å²) < 4.78 is 0. The Bertz CT molecular complexity index is 596. The highest BCUT2D eigenvalue weighted by molar-refractivity contribution is 8.93. The van der Waals surface area contributed by atoms with Gasteiger partial charge in [-0.2, -0.15) is 0 Å². The lowest BCUT2D eigenvalue weighted by Gasteiger charge is -2.13. The van der Waals surface area contributed by atoms with Crippen LogP contribution >= 0.6 is 17.0 Å². The van der Waals surface area contributed by atoms with Crippen molar-refractivity contribution in [2.24, 2.45) is 0 Å². The number of benzene rings is 2. The molecule has 100 valence electrons. The van der Waals surface area contributed by atoms with E-state index < -0.39 is 5.97 Å². The van der Waals surface area contributed by atoms with E-state index in [9.17, 15) is 4.79 Å². The molecule has 0 radical (unpaired) electrons. The molecule has 0 unspecified atom stereocenters. The third-order valence-electron chi connectivity index (χ3n) is 3.03. The standard InChI is InChI=1S/C15H15NO2.BrH/c1-10-6-5-9-13(11(10)2)16-14-8-4-3-7-12(14)15(17)18;/h3-9,16H,1-2H3,(H,17,18);1H. The van der Waals surface area contributed by atoms with E-state index in [2.05, 4.69) is 5.32 Å². The van der Waals surface area contributed by atoms with Crippen molar-refractivity contribution in [3.8, 4) is 0 Å². The Morgan fingerprint density at radius 3 is 2.32 bits per heavy atom. The Labute approximate surface area is 123 Å². The summed E-state index contributed by atoms with van der Waals surface area (Å²) in [6, 6.07) is 12.8. The zero-order valence-corrected chi connectivity index (χ0v) is 12.5. The Morgan fingerprint density at radius 2 is 1.63 bits per heavy atom. The number of nitrogens with one attached hydrogen (secondary N) is 1. The number of carboxylic acids is 1. The van der Waals surface area contributed by atoms with Crippen molar-refractivity contribution in [3.05, 3.63) is 59.2 Å². The molecule has 0 aromatic heterocycles. The number of hydrogen-bond donors (Lipinski definition) is 2. The number of carboxylic acid groups (broad SMARTS) is 1. The first kappa shape index (κ1) is 15.2. The van der Waals surface area contributed by atoms with Gasteiger partial charge in [-0.15, -0.1) is 17.0 Å². The van der Waals surface area contributed by atoms with Crippen LogP contribution < -0.4 is 5.32 Å². The number of aromatic carboxylic acids is 1. The Hall–Kier alpha value is -1.81. The number of carbonyl (C=O) groups is 1. The summed E-state index contributed by atoms with van der Waals surface area (Å²) in [6.07, 6.45) is 0. The predicted molar refractivity (Wildman–Crippen MR) is 82.9 cm³/mol. The quantitative estimate of drug-likeness (QED) is 0.884. The molecular formula is C15H16BrNO2. The van der Waals surface area contributed by atoms with Crippen LogP contribution in [-0.4, -0.2) is 11.1 Å². The normalized spacial score (nSPS) is 9.58. The average molecular weight is 322 g/mol. The molecule has 4 heteroatoms. The topological polar surface area (TPSA) is 49.3 Å². The van der Waals surface area contributed by atoms with E-state index in [1.807, 2.05) is 38.1 Å². The van der Waals surface area contributed by atoms with Gasteiger partial charge < -0.3 is 10.4 Å². The molecule has 0 aliphatic carbocycles. The second-order valence-corrected chi connectivity index (χ2v) is 4.22. The summed E-state index contributed by atoms with van der Waals surface area (Å²) in [7, 11) is 0. The SMILES string of the molecule is Br.Cc1cccc(Nc2ccccc2C(=O)O)c1C. The molecule has 0 aliphatic heterocycles. The maximum absolute atomic E-state index is 11.1. The second-order valence-electron chi connectivity index (χ2n) is 4.22. The lowest BCUT2D eigenvalue weighted by Crippen LogP contribution is -2.03. The number of hydrogen-bond acceptors (Lipinski definition) is 2. The van der Waals surface area contributed by atoms with Crippen molar-refractivity contribution in [1.82, 2.24) is 0 Å². The van der Waals surface area contributed by atoms with Gasteiger partial charge in [-0.3, -0.25) is 0 Å². The van der Waals surface area contributed by atoms with Crippen LogP contribution in [0, 0.1) is 13.8 Å². The van der Waals surface area contributed by atoms with Gasteiger partial charge in [0.25, 0.3) is 0 Å². The first-order valence-electron chi connectivity index (χ1n) is 5.75. The van der Waals surface area contributed by atoms with Crippen molar-refractivity contribution in [2.45, 2.75) is 13.8 Å². The predicted octanol–water partition coefficient (Wildman–Crippen LogP) is 4.32. The van der Waals surface area contributed by atoms with Gasteiger partial charge in [0.05, 0.1) is 11.3 Å². The van der Waals surface area contributed by atoms with Gasteiger partial charge in [-0.05, 0) is 43.2 Å². The first-order chi connectivity index (χ1) is 8.59. The molecule has 0 spiro atoms. The van der Waals surface area contributed by atoms with Crippen molar-refractivity contribution in [1.29, 1.82) is 0 Å². The minimum atomic E-state index is -0.927. The molecule has 0 atom stereocenters. The second kappa shape index (κ2) is 6.38. The summed E-state index contributed by atoms with van der Waals surface area (Å²) in [5, 5.41) is 12.3. The van der Waals surface area contributed by atoms with Crippen molar-refractivity contribution in [3.63, 3.8) is 0 Å². The summed E-state index contributed by atoms with van der Waals surface area (Å²) >= 11 is 0. The fraction of sp³-hybridized carbons (Fsp3) is 0.133. The van der Waals surface area contributed by atoms with Gasteiger partial charge in [0.1, 0.15) is 0 Å². The Morgan fingerprint density at radius 1 is 1.00 bits per heavy atom. The van der Waals surface area contributed by atoms with E-state index in [0.29, 0.717) is 5.69 Å². The van der Waals surface area contributed by atoms with Gasteiger partial charge in [0.15, 0.2) is 0 Å². The smallest absolute Gasteiger partial charge is 0.337 e. The molecule has 2 aromatic rings. The molecule has 2 aromatic carbocycles. The van der Waals surface area contributed by atoms with Gasteiger partial charge in [-0.25, -0.2) is 4.79 Å². The lowest BCUT2D eigenvalue weighted by molar-refractivity contribution is 0.0698. The highest BCUT2D eigenvalue weighted by Gasteiger charge is 2.10. The molecular weight excluding hydrogens is 306 g/mol. The van der Waals surface area contributed by atoms with Gasteiger partial charge in [0.2, 0.25) is 0 Å². The molecule has 2 N–H and O–H groups in total. The molecule has 2 rings (SSSR count). The summed E-state index contributed by atoms with van der Waals surface area (Å²) in [4.78, 5) is 11.1. The monoisotopic (exact) mass is 321 g/mol. The van der Waals surface area contributed by atoms with Crippen LogP contribution in [0.3, 0.4) is 0 Å². The fourth-order valence-electron chi connectivity index (χ4n) is 1.81. The van der Waals surface area contributed by atoms with Crippen LogP contribution in [0.4, 0.5) is 11.4 Å². The van der Waals surface area contributed by atoms with E-state index in [4.69, 9.17) is 5.11 Å². The Kier molecular flexibility index (Phi) is 5.12. The van der Waals surface area contributed by atoms with Crippen LogP contribution in [-0.2, 0) is 0 Å².